The molecule has 5 nitrogen and oxygen atoms in total. The highest BCUT2D eigenvalue weighted by atomic mass is 35.5. The predicted octanol–water partition coefficient (Wildman–Crippen LogP) is 3.60. The van der Waals surface area contributed by atoms with Crippen LogP contribution in [0.4, 0.5) is 0 Å². The Morgan fingerprint density at radius 1 is 1.30 bits per heavy atom. The summed E-state index contributed by atoms with van der Waals surface area (Å²) in [5.74, 6) is -0.184. The van der Waals surface area contributed by atoms with Crippen LogP contribution in [0.25, 0.3) is 11.0 Å². The number of hydrogen-bond donors (Lipinski definition) is 1. The molecule has 118 valence electrons. The van der Waals surface area contributed by atoms with E-state index < -0.39 is 0 Å². The molecule has 0 spiro atoms. The fourth-order valence-corrected chi connectivity index (χ4v) is 2.56. The van der Waals surface area contributed by atoms with Crippen LogP contribution in [0, 0.1) is 0 Å². The lowest BCUT2D eigenvalue weighted by molar-refractivity contribution is 0.0950. The molecule has 6 heteroatoms. The van der Waals surface area contributed by atoms with Crippen molar-refractivity contribution < 1.29 is 4.79 Å². The average Bonchev–Trinajstić information content (AvgIpc) is 2.97. The average molecular weight is 329 g/mol. The Hall–Kier alpha value is -2.40. The second-order valence-electron chi connectivity index (χ2n) is 5.59. The molecule has 0 saturated heterocycles. The van der Waals surface area contributed by atoms with Crippen LogP contribution in [-0.4, -0.2) is 20.7 Å². The maximum Gasteiger partial charge on any atom is 0.253 e. The highest BCUT2D eigenvalue weighted by Gasteiger charge is 2.12. The lowest BCUT2D eigenvalue weighted by atomic mass is 10.2. The van der Waals surface area contributed by atoms with Gasteiger partial charge in [0, 0.05) is 29.2 Å². The zero-order valence-electron chi connectivity index (χ0n) is 13.0. The normalized spacial score (nSPS) is 11.1. The molecule has 23 heavy (non-hydrogen) atoms. The molecular weight excluding hydrogens is 312 g/mol. The van der Waals surface area contributed by atoms with Gasteiger partial charge in [-0.05, 0) is 31.5 Å². The number of carbonyl (C=O) groups is 1. The summed E-state index contributed by atoms with van der Waals surface area (Å²) >= 11 is 6.09. The van der Waals surface area contributed by atoms with Crippen LogP contribution >= 0.6 is 11.6 Å². The van der Waals surface area contributed by atoms with E-state index in [9.17, 15) is 4.79 Å². The molecular formula is C17H17ClN4O. The van der Waals surface area contributed by atoms with Gasteiger partial charge in [-0.15, -0.1) is 0 Å². The van der Waals surface area contributed by atoms with E-state index in [0.29, 0.717) is 17.1 Å². The van der Waals surface area contributed by atoms with Crippen LogP contribution in [0.3, 0.4) is 0 Å². The molecule has 0 aliphatic rings. The summed E-state index contributed by atoms with van der Waals surface area (Å²) < 4.78 is 1.83. The molecule has 0 radical (unpaired) electrons. The fraction of sp³-hybridized carbons (Fsp3) is 0.235. The van der Waals surface area contributed by atoms with Gasteiger partial charge in [0.05, 0.1) is 11.8 Å². The van der Waals surface area contributed by atoms with Gasteiger partial charge in [-0.25, -0.2) is 9.67 Å². The molecule has 1 aromatic carbocycles. The third-order valence-corrected chi connectivity index (χ3v) is 3.95. The SMILES string of the molecule is CC(C)n1ncc2cc(C(=O)NCc3ccccc3Cl)cnc21. The zero-order valence-corrected chi connectivity index (χ0v) is 13.7. The maximum atomic E-state index is 12.3. The number of carbonyl (C=O) groups excluding carboxylic acids is 1. The van der Waals surface area contributed by atoms with E-state index >= 15 is 0 Å². The summed E-state index contributed by atoms with van der Waals surface area (Å²) in [6.45, 7) is 4.46. The number of pyridine rings is 1. The van der Waals surface area contributed by atoms with Gasteiger partial charge in [0.2, 0.25) is 0 Å². The van der Waals surface area contributed by atoms with Crippen molar-refractivity contribution in [2.45, 2.75) is 26.4 Å². The number of amides is 1. The molecule has 0 atom stereocenters. The van der Waals surface area contributed by atoms with E-state index in [2.05, 4.69) is 15.4 Å². The van der Waals surface area contributed by atoms with Gasteiger partial charge in [0.25, 0.3) is 5.91 Å². The first kappa shape index (κ1) is 15.5. The second-order valence-corrected chi connectivity index (χ2v) is 6.00. The zero-order chi connectivity index (χ0) is 16.4. The third kappa shape index (κ3) is 3.19. The van der Waals surface area contributed by atoms with Crippen molar-refractivity contribution in [3.05, 3.63) is 58.9 Å². The second kappa shape index (κ2) is 6.38. The van der Waals surface area contributed by atoms with Crippen molar-refractivity contribution in [2.24, 2.45) is 0 Å². The van der Waals surface area contributed by atoms with Gasteiger partial charge in [0.1, 0.15) is 0 Å². The summed E-state index contributed by atoms with van der Waals surface area (Å²) in [4.78, 5) is 16.7. The molecule has 0 aliphatic carbocycles. The topological polar surface area (TPSA) is 59.8 Å². The predicted molar refractivity (Wildman–Crippen MR) is 90.5 cm³/mol. The van der Waals surface area contributed by atoms with Crippen LogP contribution in [-0.2, 0) is 6.54 Å². The number of fused-ring (bicyclic) bond motifs is 1. The third-order valence-electron chi connectivity index (χ3n) is 3.58. The van der Waals surface area contributed by atoms with Gasteiger partial charge in [0.15, 0.2) is 5.65 Å². The van der Waals surface area contributed by atoms with Crippen molar-refractivity contribution in [3.63, 3.8) is 0 Å². The Balaban J connectivity index is 1.77. The molecule has 1 amide bonds. The van der Waals surface area contributed by atoms with E-state index in [0.717, 1.165) is 16.6 Å². The first-order valence-corrected chi connectivity index (χ1v) is 7.79. The molecule has 3 rings (SSSR count). The van der Waals surface area contributed by atoms with Gasteiger partial charge in [-0.2, -0.15) is 5.10 Å². The van der Waals surface area contributed by atoms with Crippen molar-refractivity contribution in [3.8, 4) is 0 Å². The Kier molecular flexibility index (Phi) is 4.30. The fourth-order valence-electron chi connectivity index (χ4n) is 2.36. The lowest BCUT2D eigenvalue weighted by Crippen LogP contribution is -2.23. The Morgan fingerprint density at radius 3 is 2.83 bits per heavy atom. The number of halogens is 1. The number of rotatable bonds is 4. The molecule has 2 heterocycles. The van der Waals surface area contributed by atoms with Crippen LogP contribution in [0.15, 0.2) is 42.7 Å². The maximum absolute atomic E-state index is 12.3. The van der Waals surface area contributed by atoms with Crippen molar-refractivity contribution in [1.29, 1.82) is 0 Å². The lowest BCUT2D eigenvalue weighted by Gasteiger charge is -2.08. The standard InChI is InChI=1S/C17H17ClN4O/c1-11(2)22-16-13(10-21-22)7-14(9-19-16)17(23)20-8-12-5-3-4-6-15(12)18/h3-7,9-11H,8H2,1-2H3,(H,20,23). The molecule has 0 fully saturated rings. The minimum atomic E-state index is -0.184. The Bertz CT molecular complexity index is 857. The summed E-state index contributed by atoms with van der Waals surface area (Å²) in [6, 6.07) is 9.46. The van der Waals surface area contributed by atoms with Gasteiger partial charge >= 0.3 is 0 Å². The van der Waals surface area contributed by atoms with E-state index in [4.69, 9.17) is 11.6 Å². The molecule has 1 N–H and O–H groups in total. The van der Waals surface area contributed by atoms with Gasteiger partial charge in [-0.3, -0.25) is 4.79 Å². The van der Waals surface area contributed by atoms with E-state index in [-0.39, 0.29) is 11.9 Å². The summed E-state index contributed by atoms with van der Waals surface area (Å²) in [5.41, 5.74) is 2.17. The van der Waals surface area contributed by atoms with Gasteiger partial charge < -0.3 is 5.32 Å². The number of aromatic nitrogens is 3. The molecule has 0 bridgehead atoms. The van der Waals surface area contributed by atoms with Crippen molar-refractivity contribution >= 4 is 28.5 Å². The van der Waals surface area contributed by atoms with Crippen molar-refractivity contribution in [1.82, 2.24) is 20.1 Å². The molecule has 0 unspecified atom stereocenters. The van der Waals surface area contributed by atoms with E-state index in [1.54, 1.807) is 24.5 Å². The molecule has 0 saturated carbocycles. The monoisotopic (exact) mass is 328 g/mol. The highest BCUT2D eigenvalue weighted by molar-refractivity contribution is 6.31. The molecule has 0 aliphatic heterocycles. The number of nitrogens with one attached hydrogen (secondary N) is 1. The van der Waals surface area contributed by atoms with Crippen LogP contribution in [0.1, 0.15) is 35.8 Å². The summed E-state index contributed by atoms with van der Waals surface area (Å²) in [7, 11) is 0. The van der Waals surface area contributed by atoms with Gasteiger partial charge in [-0.1, -0.05) is 29.8 Å². The summed E-state index contributed by atoms with van der Waals surface area (Å²) in [5, 5.41) is 8.65. The summed E-state index contributed by atoms with van der Waals surface area (Å²) in [6.07, 6.45) is 3.30. The smallest absolute Gasteiger partial charge is 0.253 e. The first-order chi connectivity index (χ1) is 11.1. The number of benzene rings is 1. The number of nitrogens with zero attached hydrogens (tertiary/aromatic N) is 3. The van der Waals surface area contributed by atoms with Crippen LogP contribution < -0.4 is 5.32 Å². The quantitative estimate of drug-likeness (QED) is 0.796. The Labute approximate surface area is 139 Å². The number of hydrogen-bond acceptors (Lipinski definition) is 3. The molecule has 2 aromatic heterocycles. The highest BCUT2D eigenvalue weighted by Crippen LogP contribution is 2.17. The van der Waals surface area contributed by atoms with Crippen LogP contribution in [0.2, 0.25) is 5.02 Å². The van der Waals surface area contributed by atoms with Crippen LogP contribution in [0.5, 0.6) is 0 Å². The minimum absolute atomic E-state index is 0.184. The van der Waals surface area contributed by atoms with Crippen molar-refractivity contribution in [2.75, 3.05) is 0 Å². The Morgan fingerprint density at radius 2 is 2.09 bits per heavy atom. The van der Waals surface area contributed by atoms with E-state index in [1.165, 1.54) is 0 Å². The largest absolute Gasteiger partial charge is 0.348 e. The first-order valence-electron chi connectivity index (χ1n) is 7.41. The molecule has 3 aromatic rings. The minimum Gasteiger partial charge on any atom is -0.348 e. The van der Waals surface area contributed by atoms with E-state index in [1.807, 2.05) is 36.7 Å².